The van der Waals surface area contributed by atoms with Gasteiger partial charge in [-0.2, -0.15) is 0 Å². The number of nitrogens with one attached hydrogen (secondary N) is 1. The number of aliphatic hydroxyl groups is 1. The minimum Gasteiger partial charge on any atom is -0.388 e. The van der Waals surface area contributed by atoms with E-state index in [0.717, 1.165) is 18.5 Å². The lowest BCUT2D eigenvalue weighted by Crippen LogP contribution is -2.40. The topological polar surface area (TPSA) is 79.9 Å². The number of nitrogens with zero attached hydrogens (tertiary/aromatic N) is 1. The lowest BCUT2D eigenvalue weighted by molar-refractivity contribution is -0.0565. The van der Waals surface area contributed by atoms with Gasteiger partial charge in [0.1, 0.15) is 0 Å². The van der Waals surface area contributed by atoms with Gasteiger partial charge in [-0.05, 0) is 24.0 Å². The zero-order valence-corrected chi connectivity index (χ0v) is 16.3. The molecule has 1 heterocycles. The molecule has 6 heteroatoms. The summed E-state index contributed by atoms with van der Waals surface area (Å²) in [6.07, 6.45) is 3.08. The summed E-state index contributed by atoms with van der Waals surface area (Å²) in [6, 6.07) is 6.27. The predicted molar refractivity (Wildman–Crippen MR) is 106 cm³/mol. The van der Waals surface area contributed by atoms with E-state index in [0.29, 0.717) is 38.6 Å². The van der Waals surface area contributed by atoms with Crippen molar-refractivity contribution >= 4 is 35.6 Å². The second-order valence-corrected chi connectivity index (χ2v) is 5.82. The van der Waals surface area contributed by atoms with Gasteiger partial charge in [0, 0.05) is 31.7 Å². The zero-order valence-electron chi connectivity index (χ0n) is 14.0. The molecule has 2 rings (SSSR count). The van der Waals surface area contributed by atoms with Crippen LogP contribution in [0.25, 0.3) is 0 Å². The van der Waals surface area contributed by atoms with Crippen molar-refractivity contribution in [3.63, 3.8) is 0 Å². The van der Waals surface area contributed by atoms with E-state index in [1.807, 2.05) is 0 Å². The van der Waals surface area contributed by atoms with Crippen molar-refractivity contribution in [2.45, 2.75) is 45.1 Å². The first-order chi connectivity index (χ1) is 10.6. The van der Waals surface area contributed by atoms with E-state index in [9.17, 15) is 5.11 Å². The highest BCUT2D eigenvalue weighted by molar-refractivity contribution is 14.0. The van der Waals surface area contributed by atoms with Gasteiger partial charge in [-0.3, -0.25) is 4.99 Å². The van der Waals surface area contributed by atoms with Gasteiger partial charge in [0.2, 0.25) is 0 Å². The van der Waals surface area contributed by atoms with E-state index < -0.39 is 5.60 Å². The van der Waals surface area contributed by atoms with Crippen LogP contribution in [-0.4, -0.2) is 36.4 Å². The molecular weight excluding hydrogens is 405 g/mol. The minimum absolute atomic E-state index is 0. The number of nitrogens with two attached hydrogens (primary N) is 1. The van der Waals surface area contributed by atoms with Crippen molar-refractivity contribution < 1.29 is 9.84 Å². The number of para-hydroxylation sites is 1. The number of hydrogen-bond acceptors (Lipinski definition) is 3. The summed E-state index contributed by atoms with van der Waals surface area (Å²) < 4.78 is 5.27. The molecule has 0 saturated carbocycles. The Morgan fingerprint density at radius 3 is 2.35 bits per heavy atom. The second kappa shape index (κ2) is 9.44. The number of benzene rings is 1. The third-order valence-electron chi connectivity index (χ3n) is 4.22. The molecule has 0 aromatic heterocycles. The third-order valence-corrected chi connectivity index (χ3v) is 4.22. The number of guanidine groups is 1. The number of aryl methyl sites for hydroxylation is 2. The molecule has 0 aliphatic carbocycles. The standard InChI is InChI=1S/C17H27N3O2.HI/c1-3-13-6-5-7-14(4-2)15(13)20-16(18)19-12-17(21)8-10-22-11-9-17;/h5-7,21H,3-4,8-12H2,1-2H3,(H3,18,19,20);1H. The largest absolute Gasteiger partial charge is 0.388 e. The van der Waals surface area contributed by atoms with Crippen molar-refractivity contribution in [2.75, 3.05) is 25.1 Å². The van der Waals surface area contributed by atoms with Gasteiger partial charge in [-0.1, -0.05) is 32.0 Å². The van der Waals surface area contributed by atoms with Crippen LogP contribution in [0, 0.1) is 0 Å². The Morgan fingerprint density at radius 1 is 1.26 bits per heavy atom. The number of ether oxygens (including phenoxy) is 1. The fourth-order valence-electron chi connectivity index (χ4n) is 2.71. The van der Waals surface area contributed by atoms with Gasteiger partial charge < -0.3 is 20.9 Å². The summed E-state index contributed by atoms with van der Waals surface area (Å²) in [5.41, 5.74) is 8.73. The number of rotatable bonds is 5. The maximum atomic E-state index is 10.4. The summed E-state index contributed by atoms with van der Waals surface area (Å²) in [5, 5.41) is 13.6. The summed E-state index contributed by atoms with van der Waals surface area (Å²) in [7, 11) is 0. The van der Waals surface area contributed by atoms with Crippen LogP contribution in [0.1, 0.15) is 37.8 Å². The maximum Gasteiger partial charge on any atom is 0.193 e. The molecule has 0 radical (unpaired) electrons. The second-order valence-electron chi connectivity index (χ2n) is 5.82. The van der Waals surface area contributed by atoms with Gasteiger partial charge in [-0.15, -0.1) is 24.0 Å². The van der Waals surface area contributed by atoms with E-state index in [4.69, 9.17) is 10.5 Å². The fourth-order valence-corrected chi connectivity index (χ4v) is 2.71. The molecular formula is C17H28IN3O2. The Bertz CT molecular complexity index is 506. The molecule has 0 amide bonds. The first-order valence-corrected chi connectivity index (χ1v) is 8.06. The molecule has 1 aliphatic heterocycles. The number of aliphatic imine (C=N–C) groups is 1. The Kier molecular flexibility index (Phi) is 8.28. The smallest absolute Gasteiger partial charge is 0.193 e. The van der Waals surface area contributed by atoms with Crippen molar-refractivity contribution in [1.29, 1.82) is 0 Å². The van der Waals surface area contributed by atoms with Gasteiger partial charge in [0.05, 0.1) is 12.1 Å². The average Bonchev–Trinajstić information content (AvgIpc) is 2.54. The van der Waals surface area contributed by atoms with E-state index in [1.165, 1.54) is 11.1 Å². The molecule has 1 fully saturated rings. The van der Waals surface area contributed by atoms with Crippen LogP contribution in [0.2, 0.25) is 0 Å². The molecule has 130 valence electrons. The molecule has 0 atom stereocenters. The van der Waals surface area contributed by atoms with Crippen LogP contribution in [0.15, 0.2) is 23.2 Å². The summed E-state index contributed by atoms with van der Waals surface area (Å²) in [6.45, 7) is 5.72. The molecule has 0 spiro atoms. The van der Waals surface area contributed by atoms with Gasteiger partial charge >= 0.3 is 0 Å². The molecule has 5 nitrogen and oxygen atoms in total. The maximum absolute atomic E-state index is 10.4. The van der Waals surface area contributed by atoms with E-state index >= 15 is 0 Å². The molecule has 0 bridgehead atoms. The number of halogens is 1. The quantitative estimate of drug-likeness (QED) is 0.379. The normalized spacial score (nSPS) is 17.4. The van der Waals surface area contributed by atoms with E-state index in [1.54, 1.807) is 0 Å². The lowest BCUT2D eigenvalue weighted by Gasteiger charge is -2.30. The van der Waals surface area contributed by atoms with Crippen LogP contribution < -0.4 is 11.1 Å². The molecule has 1 saturated heterocycles. The monoisotopic (exact) mass is 433 g/mol. The highest BCUT2D eigenvalue weighted by Crippen LogP contribution is 2.23. The van der Waals surface area contributed by atoms with Crippen LogP contribution in [0.5, 0.6) is 0 Å². The SMILES string of the molecule is CCc1cccc(CC)c1NC(N)=NCC1(O)CCOCC1.I. The van der Waals surface area contributed by atoms with Gasteiger partial charge in [-0.25, -0.2) is 0 Å². The number of anilines is 1. The molecule has 1 aliphatic rings. The molecule has 0 unspecified atom stereocenters. The van der Waals surface area contributed by atoms with Crippen molar-refractivity contribution in [1.82, 2.24) is 0 Å². The average molecular weight is 433 g/mol. The Hall–Kier alpha value is -0.860. The minimum atomic E-state index is -0.789. The molecule has 1 aromatic rings. The van der Waals surface area contributed by atoms with Crippen molar-refractivity contribution in [2.24, 2.45) is 10.7 Å². The summed E-state index contributed by atoms with van der Waals surface area (Å²) in [4.78, 5) is 4.34. The van der Waals surface area contributed by atoms with E-state index in [-0.39, 0.29) is 24.0 Å². The van der Waals surface area contributed by atoms with Crippen LogP contribution in [0.4, 0.5) is 5.69 Å². The van der Waals surface area contributed by atoms with Gasteiger partial charge in [0.25, 0.3) is 0 Å². The van der Waals surface area contributed by atoms with Gasteiger partial charge in [0.15, 0.2) is 5.96 Å². The molecule has 1 aromatic carbocycles. The predicted octanol–water partition coefficient (Wildman–Crippen LogP) is 2.70. The van der Waals surface area contributed by atoms with Crippen LogP contribution >= 0.6 is 24.0 Å². The van der Waals surface area contributed by atoms with Crippen LogP contribution in [-0.2, 0) is 17.6 Å². The van der Waals surface area contributed by atoms with Crippen molar-refractivity contribution in [3.05, 3.63) is 29.3 Å². The zero-order chi connectivity index (χ0) is 16.0. The first kappa shape index (κ1) is 20.2. The molecule has 4 N–H and O–H groups in total. The fraction of sp³-hybridized carbons (Fsp3) is 0.588. The number of hydrogen-bond donors (Lipinski definition) is 3. The highest BCUT2D eigenvalue weighted by Gasteiger charge is 2.29. The Labute approximate surface area is 155 Å². The first-order valence-electron chi connectivity index (χ1n) is 8.06. The molecule has 23 heavy (non-hydrogen) atoms. The third kappa shape index (κ3) is 5.61. The lowest BCUT2D eigenvalue weighted by atomic mass is 9.95. The Morgan fingerprint density at radius 2 is 1.83 bits per heavy atom. The van der Waals surface area contributed by atoms with Crippen molar-refractivity contribution in [3.8, 4) is 0 Å². The summed E-state index contributed by atoms with van der Waals surface area (Å²) in [5.74, 6) is 0.357. The van der Waals surface area contributed by atoms with E-state index in [2.05, 4.69) is 42.4 Å². The highest BCUT2D eigenvalue weighted by atomic mass is 127. The Balaban J connectivity index is 0.00000264. The van der Waals surface area contributed by atoms with Crippen LogP contribution in [0.3, 0.4) is 0 Å². The summed E-state index contributed by atoms with van der Waals surface area (Å²) >= 11 is 0.